The van der Waals surface area contributed by atoms with E-state index < -0.39 is 0 Å². The van der Waals surface area contributed by atoms with E-state index in [1.807, 2.05) is 0 Å². The Morgan fingerprint density at radius 3 is 2.88 bits per heavy atom. The summed E-state index contributed by atoms with van der Waals surface area (Å²) in [5.74, 6) is 0. The van der Waals surface area contributed by atoms with Gasteiger partial charge in [0.25, 0.3) is 0 Å². The van der Waals surface area contributed by atoms with Gasteiger partial charge in [0.2, 0.25) is 0 Å². The lowest BCUT2D eigenvalue weighted by molar-refractivity contribution is 0.396. The SMILES string of the molecule is [CH2-]N1CC=C(C)CC1. The average molecular weight is 110 g/mol. The van der Waals surface area contributed by atoms with Crippen LogP contribution in [-0.2, 0) is 0 Å². The van der Waals surface area contributed by atoms with Crippen molar-refractivity contribution < 1.29 is 0 Å². The van der Waals surface area contributed by atoms with Gasteiger partial charge >= 0.3 is 0 Å². The Labute approximate surface area is 51.0 Å². The first kappa shape index (κ1) is 5.83. The molecule has 0 bridgehead atoms. The predicted octanol–water partition coefficient (Wildman–Crippen LogP) is 1.43. The Bertz CT molecular complexity index is 105. The summed E-state index contributed by atoms with van der Waals surface area (Å²) in [6.45, 7) is 4.33. The van der Waals surface area contributed by atoms with Crippen molar-refractivity contribution in [2.75, 3.05) is 13.1 Å². The van der Waals surface area contributed by atoms with Crippen molar-refractivity contribution in [1.82, 2.24) is 4.90 Å². The summed E-state index contributed by atoms with van der Waals surface area (Å²) in [5.41, 5.74) is 1.50. The molecule has 0 atom stereocenters. The van der Waals surface area contributed by atoms with Crippen LogP contribution in [0.3, 0.4) is 0 Å². The van der Waals surface area contributed by atoms with Crippen molar-refractivity contribution in [3.05, 3.63) is 18.7 Å². The molecule has 0 fully saturated rings. The zero-order chi connectivity index (χ0) is 5.98. The minimum absolute atomic E-state index is 1.03. The number of hydrogen-bond donors (Lipinski definition) is 0. The van der Waals surface area contributed by atoms with Crippen LogP contribution in [0.1, 0.15) is 13.3 Å². The van der Waals surface area contributed by atoms with Crippen molar-refractivity contribution in [3.8, 4) is 0 Å². The highest BCUT2D eigenvalue weighted by Gasteiger charge is 1.96. The van der Waals surface area contributed by atoms with Gasteiger partial charge in [0.1, 0.15) is 0 Å². The largest absolute Gasteiger partial charge is 0.456 e. The van der Waals surface area contributed by atoms with Crippen molar-refractivity contribution in [3.63, 3.8) is 0 Å². The van der Waals surface area contributed by atoms with Gasteiger partial charge in [-0.1, -0.05) is 11.6 Å². The summed E-state index contributed by atoms with van der Waals surface area (Å²) in [4.78, 5) is 2.08. The van der Waals surface area contributed by atoms with E-state index in [0.717, 1.165) is 13.1 Å². The maximum absolute atomic E-state index is 3.82. The van der Waals surface area contributed by atoms with Crippen molar-refractivity contribution in [2.45, 2.75) is 13.3 Å². The zero-order valence-corrected chi connectivity index (χ0v) is 5.35. The summed E-state index contributed by atoms with van der Waals surface area (Å²) in [6, 6.07) is 0. The minimum Gasteiger partial charge on any atom is -0.456 e. The summed E-state index contributed by atoms with van der Waals surface area (Å²) >= 11 is 0. The van der Waals surface area contributed by atoms with Crippen LogP contribution in [0.25, 0.3) is 0 Å². The van der Waals surface area contributed by atoms with Gasteiger partial charge in [-0.05, 0) is 26.4 Å². The van der Waals surface area contributed by atoms with Crippen molar-refractivity contribution in [2.24, 2.45) is 0 Å². The van der Waals surface area contributed by atoms with Crippen molar-refractivity contribution >= 4 is 0 Å². The Morgan fingerprint density at radius 1 is 1.75 bits per heavy atom. The van der Waals surface area contributed by atoms with E-state index in [1.165, 1.54) is 12.0 Å². The summed E-state index contributed by atoms with van der Waals surface area (Å²) < 4.78 is 0. The van der Waals surface area contributed by atoms with E-state index in [9.17, 15) is 0 Å². The second-order valence-electron chi connectivity index (χ2n) is 2.38. The molecule has 1 nitrogen and oxygen atoms in total. The quantitative estimate of drug-likeness (QED) is 0.337. The van der Waals surface area contributed by atoms with Gasteiger partial charge in [0.15, 0.2) is 0 Å². The molecular formula is C7H12N-. The smallest absolute Gasteiger partial charge is 0.0114 e. The van der Waals surface area contributed by atoms with Crippen LogP contribution in [0.15, 0.2) is 11.6 Å². The molecule has 1 heterocycles. The molecule has 0 saturated carbocycles. The highest BCUT2D eigenvalue weighted by molar-refractivity contribution is 5.03. The van der Waals surface area contributed by atoms with Gasteiger partial charge in [-0.25, -0.2) is 0 Å². The standard InChI is InChI=1S/C7H12N/c1-7-3-5-8(2)6-4-7/h3H,2,4-6H2,1H3/q-1. The lowest BCUT2D eigenvalue weighted by Gasteiger charge is -2.27. The first-order valence-corrected chi connectivity index (χ1v) is 3.00. The van der Waals surface area contributed by atoms with Crippen LogP contribution >= 0.6 is 0 Å². The van der Waals surface area contributed by atoms with E-state index in [2.05, 4.69) is 24.9 Å². The van der Waals surface area contributed by atoms with E-state index >= 15 is 0 Å². The molecule has 0 aromatic rings. The monoisotopic (exact) mass is 110 g/mol. The molecule has 0 aliphatic carbocycles. The molecule has 46 valence electrons. The molecule has 1 rings (SSSR count). The van der Waals surface area contributed by atoms with Gasteiger partial charge in [0.05, 0.1) is 0 Å². The van der Waals surface area contributed by atoms with E-state index in [-0.39, 0.29) is 0 Å². The van der Waals surface area contributed by atoms with Gasteiger partial charge in [-0.15, -0.1) is 0 Å². The van der Waals surface area contributed by atoms with Gasteiger partial charge in [-0.3, -0.25) is 7.05 Å². The third kappa shape index (κ3) is 1.34. The second-order valence-corrected chi connectivity index (χ2v) is 2.38. The molecule has 0 aromatic carbocycles. The fourth-order valence-electron chi connectivity index (χ4n) is 0.813. The first-order valence-electron chi connectivity index (χ1n) is 3.00. The van der Waals surface area contributed by atoms with Crippen LogP contribution in [0, 0.1) is 7.05 Å². The van der Waals surface area contributed by atoms with E-state index in [4.69, 9.17) is 0 Å². The molecule has 0 radical (unpaired) electrons. The molecule has 0 spiro atoms. The van der Waals surface area contributed by atoms with Crippen molar-refractivity contribution in [1.29, 1.82) is 0 Å². The topological polar surface area (TPSA) is 3.24 Å². The Hall–Kier alpha value is -0.300. The highest BCUT2D eigenvalue weighted by atomic mass is 15.1. The maximum Gasteiger partial charge on any atom is -0.0114 e. The molecule has 1 aliphatic rings. The summed E-state index contributed by atoms with van der Waals surface area (Å²) in [5, 5.41) is 0. The number of nitrogens with zero attached hydrogens (tertiary/aromatic N) is 1. The van der Waals surface area contributed by atoms with Crippen LogP contribution in [0.2, 0.25) is 0 Å². The molecule has 1 heteroatoms. The van der Waals surface area contributed by atoms with Gasteiger partial charge < -0.3 is 4.90 Å². The van der Waals surface area contributed by atoms with Crippen LogP contribution < -0.4 is 0 Å². The fraction of sp³-hybridized carbons (Fsp3) is 0.571. The first-order chi connectivity index (χ1) is 3.79. The summed E-state index contributed by atoms with van der Waals surface area (Å²) in [6.07, 6.45) is 3.43. The third-order valence-corrected chi connectivity index (χ3v) is 1.52. The van der Waals surface area contributed by atoms with Gasteiger partial charge in [-0.2, -0.15) is 0 Å². The maximum atomic E-state index is 3.82. The molecule has 0 saturated heterocycles. The molecule has 0 aromatic heterocycles. The zero-order valence-electron chi connectivity index (χ0n) is 5.35. The minimum atomic E-state index is 1.03. The molecular weight excluding hydrogens is 98.1 g/mol. The lowest BCUT2D eigenvalue weighted by Crippen LogP contribution is -2.21. The average Bonchev–Trinajstić information content (AvgIpc) is 1.77. The Balaban J connectivity index is 2.42. The predicted molar refractivity (Wildman–Crippen MR) is 35.3 cm³/mol. The van der Waals surface area contributed by atoms with Crippen LogP contribution in [-0.4, -0.2) is 18.0 Å². The molecule has 1 aliphatic heterocycles. The molecule has 8 heavy (non-hydrogen) atoms. The Morgan fingerprint density at radius 2 is 2.50 bits per heavy atom. The second kappa shape index (κ2) is 2.31. The summed E-state index contributed by atoms with van der Waals surface area (Å²) in [7, 11) is 3.82. The molecule has 0 N–H and O–H groups in total. The van der Waals surface area contributed by atoms with Gasteiger partial charge in [0, 0.05) is 0 Å². The molecule has 0 unspecified atom stereocenters. The lowest BCUT2D eigenvalue weighted by atomic mass is 10.1. The van der Waals surface area contributed by atoms with E-state index in [1.54, 1.807) is 0 Å². The van der Waals surface area contributed by atoms with E-state index in [0.29, 0.717) is 0 Å². The Kier molecular flexibility index (Phi) is 1.69. The number of hydrogen-bond acceptors (Lipinski definition) is 1. The van der Waals surface area contributed by atoms with Crippen LogP contribution in [0.5, 0.6) is 0 Å². The third-order valence-electron chi connectivity index (χ3n) is 1.52. The number of rotatable bonds is 0. The molecule has 0 amide bonds. The van der Waals surface area contributed by atoms with Crippen LogP contribution in [0.4, 0.5) is 0 Å². The fourth-order valence-corrected chi connectivity index (χ4v) is 0.813. The normalized spacial score (nSPS) is 23.0. The highest BCUT2D eigenvalue weighted by Crippen LogP contribution is 2.06.